The summed E-state index contributed by atoms with van der Waals surface area (Å²) in [6, 6.07) is 0. The summed E-state index contributed by atoms with van der Waals surface area (Å²) in [5.41, 5.74) is -0.450. The van der Waals surface area contributed by atoms with E-state index in [1.807, 2.05) is 20.8 Å². The lowest BCUT2D eigenvalue weighted by molar-refractivity contribution is -0.0151. The van der Waals surface area contributed by atoms with E-state index in [4.69, 9.17) is 15.5 Å². The van der Waals surface area contributed by atoms with Crippen molar-refractivity contribution in [2.24, 2.45) is 5.90 Å². The van der Waals surface area contributed by atoms with E-state index in [2.05, 4.69) is 22.6 Å². The summed E-state index contributed by atoms with van der Waals surface area (Å²) < 4.78 is 5.41. The minimum Gasteiger partial charge on any atom is -0.444 e. The molecular formula is C10H19IN2O3. The van der Waals surface area contributed by atoms with Gasteiger partial charge in [0, 0.05) is 13.0 Å². The molecule has 16 heavy (non-hydrogen) atoms. The van der Waals surface area contributed by atoms with Crippen molar-refractivity contribution in [3.8, 4) is 0 Å². The number of ether oxygens (including phenoxy) is 1. The van der Waals surface area contributed by atoms with Crippen LogP contribution in [0.1, 0.15) is 33.6 Å². The number of carbonyl (C=O) groups excluding carboxylic acids is 1. The Labute approximate surface area is 110 Å². The molecule has 1 fully saturated rings. The highest BCUT2D eigenvalue weighted by Gasteiger charge is 2.32. The standard InChI is InChI=1S/C10H19IN2O3/c1-10(2,3)15-9(14)13-5-4-7(16-12)6-8(13)11/h7-8H,4-6,12H2,1-3H3. The predicted molar refractivity (Wildman–Crippen MR) is 69.0 cm³/mol. The lowest BCUT2D eigenvalue weighted by Gasteiger charge is -2.36. The molecule has 1 rings (SSSR count). The number of nitrogens with zero attached hydrogens (tertiary/aromatic N) is 1. The third kappa shape index (κ3) is 4.06. The number of carbonyl (C=O) groups is 1. The highest BCUT2D eigenvalue weighted by Crippen LogP contribution is 2.25. The molecule has 2 unspecified atom stereocenters. The van der Waals surface area contributed by atoms with Gasteiger partial charge in [-0.3, -0.25) is 4.90 Å². The Hall–Kier alpha value is -0.0800. The van der Waals surface area contributed by atoms with Crippen molar-refractivity contribution >= 4 is 28.7 Å². The number of piperidine rings is 1. The number of nitrogens with two attached hydrogens (primary N) is 1. The number of rotatable bonds is 1. The van der Waals surface area contributed by atoms with Gasteiger partial charge in [0.05, 0.1) is 10.2 Å². The van der Waals surface area contributed by atoms with Crippen LogP contribution in [0.4, 0.5) is 4.79 Å². The van der Waals surface area contributed by atoms with Gasteiger partial charge in [-0.2, -0.15) is 0 Å². The topological polar surface area (TPSA) is 64.8 Å². The van der Waals surface area contributed by atoms with Crippen molar-refractivity contribution in [1.82, 2.24) is 4.90 Å². The molecule has 0 aromatic rings. The fraction of sp³-hybridized carbons (Fsp3) is 0.900. The van der Waals surface area contributed by atoms with Crippen molar-refractivity contribution in [2.45, 2.75) is 49.4 Å². The Morgan fingerprint density at radius 3 is 2.56 bits per heavy atom. The summed E-state index contributed by atoms with van der Waals surface area (Å²) in [5, 5.41) is 0. The SMILES string of the molecule is CC(C)(C)OC(=O)N1CCC(ON)CC1I. The molecule has 94 valence electrons. The molecule has 0 bridgehead atoms. The summed E-state index contributed by atoms with van der Waals surface area (Å²) in [6.45, 7) is 6.22. The smallest absolute Gasteiger partial charge is 0.411 e. The summed E-state index contributed by atoms with van der Waals surface area (Å²) in [4.78, 5) is 18.4. The Bertz CT molecular complexity index is 255. The minimum absolute atomic E-state index is 0.0422. The molecule has 0 aromatic heterocycles. The Kier molecular flexibility index (Phi) is 4.81. The Balaban J connectivity index is 2.52. The molecule has 2 atom stereocenters. The maximum absolute atomic E-state index is 11.8. The van der Waals surface area contributed by atoms with Crippen LogP contribution in [0.15, 0.2) is 0 Å². The predicted octanol–water partition coefficient (Wildman–Crippen LogP) is 2.04. The van der Waals surface area contributed by atoms with E-state index < -0.39 is 5.60 Å². The number of hydrogen-bond donors (Lipinski definition) is 1. The number of halogens is 1. The summed E-state index contributed by atoms with van der Waals surface area (Å²) in [7, 11) is 0. The monoisotopic (exact) mass is 342 g/mol. The van der Waals surface area contributed by atoms with Crippen LogP contribution >= 0.6 is 22.6 Å². The zero-order chi connectivity index (χ0) is 12.3. The van der Waals surface area contributed by atoms with Gasteiger partial charge in [0.2, 0.25) is 0 Å². The average Bonchev–Trinajstić information content (AvgIpc) is 2.14. The van der Waals surface area contributed by atoms with Gasteiger partial charge >= 0.3 is 6.09 Å². The zero-order valence-electron chi connectivity index (χ0n) is 9.90. The number of likely N-dealkylation sites (tertiary alicyclic amines) is 1. The van der Waals surface area contributed by atoms with Crippen molar-refractivity contribution in [3.63, 3.8) is 0 Å². The molecule has 0 spiro atoms. The minimum atomic E-state index is -0.450. The first kappa shape index (κ1) is 14.0. The lowest BCUT2D eigenvalue weighted by atomic mass is 10.1. The first-order chi connectivity index (χ1) is 7.33. The molecule has 1 heterocycles. The molecule has 2 N–H and O–H groups in total. The van der Waals surface area contributed by atoms with Gasteiger partial charge in [-0.25, -0.2) is 10.7 Å². The van der Waals surface area contributed by atoms with Crippen molar-refractivity contribution in [3.05, 3.63) is 0 Å². The second-order valence-corrected chi connectivity index (χ2v) is 6.33. The average molecular weight is 342 g/mol. The molecule has 5 nitrogen and oxygen atoms in total. The molecule has 0 aliphatic carbocycles. The Morgan fingerprint density at radius 1 is 1.50 bits per heavy atom. The van der Waals surface area contributed by atoms with Gasteiger partial charge in [0.15, 0.2) is 0 Å². The van der Waals surface area contributed by atoms with Crippen LogP contribution in [-0.2, 0) is 9.57 Å². The molecule has 1 aliphatic heterocycles. The highest BCUT2D eigenvalue weighted by atomic mass is 127. The van der Waals surface area contributed by atoms with Gasteiger partial charge in [0.25, 0.3) is 0 Å². The largest absolute Gasteiger partial charge is 0.444 e. The molecule has 0 saturated carbocycles. The molecule has 0 aromatic carbocycles. The van der Waals surface area contributed by atoms with E-state index in [9.17, 15) is 4.79 Å². The Morgan fingerprint density at radius 2 is 2.12 bits per heavy atom. The first-order valence-corrected chi connectivity index (χ1v) is 6.57. The fourth-order valence-electron chi connectivity index (χ4n) is 1.54. The third-order valence-corrected chi connectivity index (χ3v) is 3.49. The van der Waals surface area contributed by atoms with E-state index >= 15 is 0 Å². The van der Waals surface area contributed by atoms with E-state index in [1.165, 1.54) is 0 Å². The van der Waals surface area contributed by atoms with E-state index in [-0.39, 0.29) is 16.2 Å². The van der Waals surface area contributed by atoms with Crippen LogP contribution in [-0.4, -0.2) is 33.3 Å². The van der Waals surface area contributed by atoms with E-state index in [1.54, 1.807) is 4.90 Å². The molecule has 0 radical (unpaired) electrons. The van der Waals surface area contributed by atoms with Crippen LogP contribution in [0.25, 0.3) is 0 Å². The quantitative estimate of drug-likeness (QED) is 0.343. The van der Waals surface area contributed by atoms with E-state index in [0.29, 0.717) is 6.54 Å². The van der Waals surface area contributed by atoms with Crippen LogP contribution < -0.4 is 5.90 Å². The lowest BCUT2D eigenvalue weighted by Crippen LogP contribution is -2.47. The molecule has 1 aliphatic rings. The summed E-state index contributed by atoms with van der Waals surface area (Å²) in [6.07, 6.45) is 1.29. The van der Waals surface area contributed by atoms with Crippen molar-refractivity contribution in [2.75, 3.05) is 6.54 Å². The molecule has 6 heteroatoms. The molecular weight excluding hydrogens is 323 g/mol. The first-order valence-electron chi connectivity index (χ1n) is 5.32. The van der Waals surface area contributed by atoms with Crippen molar-refractivity contribution in [1.29, 1.82) is 0 Å². The van der Waals surface area contributed by atoms with Gasteiger partial charge in [-0.05, 0) is 27.2 Å². The summed E-state index contributed by atoms with van der Waals surface area (Å²) in [5.74, 6) is 5.15. The van der Waals surface area contributed by atoms with Gasteiger partial charge in [-0.15, -0.1) is 0 Å². The fourth-order valence-corrected chi connectivity index (χ4v) is 2.61. The molecule has 1 amide bonds. The second kappa shape index (κ2) is 5.50. The van der Waals surface area contributed by atoms with Crippen molar-refractivity contribution < 1.29 is 14.4 Å². The zero-order valence-corrected chi connectivity index (χ0v) is 12.1. The highest BCUT2D eigenvalue weighted by molar-refractivity contribution is 14.1. The van der Waals surface area contributed by atoms with E-state index in [0.717, 1.165) is 12.8 Å². The normalized spacial score (nSPS) is 26.7. The number of alkyl halides is 1. The third-order valence-electron chi connectivity index (χ3n) is 2.31. The van der Waals surface area contributed by atoms with Crippen LogP contribution in [0.5, 0.6) is 0 Å². The van der Waals surface area contributed by atoms with Crippen LogP contribution in [0.3, 0.4) is 0 Å². The van der Waals surface area contributed by atoms with Gasteiger partial charge < -0.3 is 9.57 Å². The maximum atomic E-state index is 11.8. The number of amides is 1. The summed E-state index contributed by atoms with van der Waals surface area (Å²) >= 11 is 2.21. The number of hydrogen-bond acceptors (Lipinski definition) is 4. The van der Waals surface area contributed by atoms with Crippen LogP contribution in [0.2, 0.25) is 0 Å². The second-order valence-electron chi connectivity index (χ2n) is 4.89. The maximum Gasteiger partial charge on any atom is 0.411 e. The van der Waals surface area contributed by atoms with Crippen LogP contribution in [0, 0.1) is 0 Å². The van der Waals surface area contributed by atoms with Gasteiger partial charge in [-0.1, -0.05) is 22.6 Å². The molecule has 1 saturated heterocycles. The van der Waals surface area contributed by atoms with Gasteiger partial charge in [0.1, 0.15) is 5.60 Å².